The molecule has 2 aromatic carbocycles. The van der Waals surface area contributed by atoms with Crippen molar-refractivity contribution in [1.29, 1.82) is 0 Å². The normalized spacial score (nSPS) is 11.4. The minimum absolute atomic E-state index is 0.0107. The largest absolute Gasteiger partial charge is 0.289 e. The zero-order valence-electron chi connectivity index (χ0n) is 15.0. The molecule has 0 radical (unpaired) electrons. The van der Waals surface area contributed by atoms with E-state index in [0.717, 1.165) is 15.4 Å². The van der Waals surface area contributed by atoms with Crippen LogP contribution in [0.5, 0.6) is 0 Å². The van der Waals surface area contributed by atoms with Crippen molar-refractivity contribution in [3.63, 3.8) is 0 Å². The number of hydrogen-bond donors (Lipinski definition) is 0. The molecule has 2 aromatic heterocycles. The molecule has 4 rings (SSSR count). The molecule has 0 fully saturated rings. The number of rotatable bonds is 6. The van der Waals surface area contributed by atoms with Gasteiger partial charge in [0.15, 0.2) is 5.78 Å². The number of allylic oxidation sites excluding steroid dienone is 1. The maximum atomic E-state index is 12.4. The second kappa shape index (κ2) is 8.74. The van der Waals surface area contributed by atoms with Gasteiger partial charge in [0.1, 0.15) is 0 Å². The molecule has 0 atom stereocenters. The lowest BCUT2D eigenvalue weighted by molar-refractivity contribution is 0.104. The van der Waals surface area contributed by atoms with Crippen LogP contribution in [0.1, 0.15) is 20.1 Å². The van der Waals surface area contributed by atoms with E-state index in [-0.39, 0.29) is 5.78 Å². The summed E-state index contributed by atoms with van der Waals surface area (Å²) in [5, 5.41) is 2.02. The molecule has 136 valence electrons. The molecule has 0 saturated heterocycles. The molecule has 0 saturated carbocycles. The fourth-order valence-electron chi connectivity index (χ4n) is 2.67. The Balaban J connectivity index is 1.41. The summed E-state index contributed by atoms with van der Waals surface area (Å²) in [5.74, 6) is -0.0107. The molecule has 0 N–H and O–H groups in total. The third-order valence-corrected chi connectivity index (χ3v) is 6.03. The Hall–Kier alpha value is -3.08. The van der Waals surface area contributed by atoms with Gasteiger partial charge in [-0.1, -0.05) is 36.4 Å². The van der Waals surface area contributed by atoms with E-state index in [2.05, 4.69) is 23.2 Å². The number of ketones is 1. The molecule has 2 heterocycles. The molecule has 0 aliphatic rings. The average molecular weight is 400 g/mol. The molecular formula is C24H17NOS2. The maximum Gasteiger partial charge on any atom is 0.185 e. The van der Waals surface area contributed by atoms with E-state index in [1.54, 1.807) is 28.7 Å². The van der Waals surface area contributed by atoms with Gasteiger partial charge in [0.2, 0.25) is 0 Å². The highest BCUT2D eigenvalue weighted by Gasteiger charge is 2.03. The van der Waals surface area contributed by atoms with Gasteiger partial charge in [-0.3, -0.25) is 9.79 Å². The number of nitrogens with zero attached hydrogens (tertiary/aromatic N) is 1. The Morgan fingerprint density at radius 1 is 0.821 bits per heavy atom. The predicted octanol–water partition coefficient (Wildman–Crippen LogP) is 7.12. The highest BCUT2D eigenvalue weighted by molar-refractivity contribution is 7.16. The topological polar surface area (TPSA) is 29.4 Å². The summed E-state index contributed by atoms with van der Waals surface area (Å²) < 4.78 is 0. The summed E-state index contributed by atoms with van der Waals surface area (Å²) in [6.45, 7) is 0. The van der Waals surface area contributed by atoms with Crippen LogP contribution >= 0.6 is 22.7 Å². The Kier molecular flexibility index (Phi) is 5.71. The molecule has 0 aliphatic heterocycles. The van der Waals surface area contributed by atoms with Gasteiger partial charge in [0.25, 0.3) is 0 Å². The summed E-state index contributed by atoms with van der Waals surface area (Å²) in [5.41, 5.74) is 2.68. The van der Waals surface area contributed by atoms with Crippen LogP contribution in [0.2, 0.25) is 0 Å². The quantitative estimate of drug-likeness (QED) is 0.193. The van der Waals surface area contributed by atoms with Crippen LogP contribution in [0.15, 0.2) is 95.3 Å². The third kappa shape index (κ3) is 4.60. The van der Waals surface area contributed by atoms with Gasteiger partial charge in [-0.2, -0.15) is 0 Å². The molecular weight excluding hydrogens is 382 g/mol. The van der Waals surface area contributed by atoms with Crippen molar-refractivity contribution in [3.8, 4) is 10.4 Å². The standard InChI is InChI=1S/C24H17NOS2/c26-23(14-12-21-13-15-24(28-21)19-5-2-1-3-6-19)18-8-10-20(11-9-18)25-17-22-7-4-16-27-22/h1-17H. The summed E-state index contributed by atoms with van der Waals surface area (Å²) in [6, 6.07) is 25.8. The van der Waals surface area contributed by atoms with Crippen molar-refractivity contribution in [2.24, 2.45) is 4.99 Å². The first-order chi connectivity index (χ1) is 13.8. The van der Waals surface area contributed by atoms with E-state index in [9.17, 15) is 4.79 Å². The lowest BCUT2D eigenvalue weighted by atomic mass is 10.1. The van der Waals surface area contributed by atoms with Crippen LogP contribution in [0, 0.1) is 0 Å². The monoisotopic (exact) mass is 399 g/mol. The van der Waals surface area contributed by atoms with Crippen LogP contribution < -0.4 is 0 Å². The minimum atomic E-state index is -0.0107. The minimum Gasteiger partial charge on any atom is -0.289 e. The molecule has 28 heavy (non-hydrogen) atoms. The highest BCUT2D eigenvalue weighted by atomic mass is 32.1. The summed E-state index contributed by atoms with van der Waals surface area (Å²) >= 11 is 3.32. The molecule has 0 aliphatic carbocycles. The van der Waals surface area contributed by atoms with E-state index in [4.69, 9.17) is 0 Å². The average Bonchev–Trinajstić information content (AvgIpc) is 3.44. The van der Waals surface area contributed by atoms with E-state index >= 15 is 0 Å². The fourth-order valence-corrected chi connectivity index (χ4v) is 4.17. The molecule has 0 unspecified atom stereocenters. The van der Waals surface area contributed by atoms with Crippen LogP contribution in [-0.2, 0) is 0 Å². The van der Waals surface area contributed by atoms with Crippen LogP contribution in [-0.4, -0.2) is 12.0 Å². The van der Waals surface area contributed by atoms with Crippen LogP contribution in [0.3, 0.4) is 0 Å². The van der Waals surface area contributed by atoms with Crippen molar-refractivity contribution in [3.05, 3.63) is 106 Å². The van der Waals surface area contributed by atoms with Gasteiger partial charge >= 0.3 is 0 Å². The summed E-state index contributed by atoms with van der Waals surface area (Å²) in [7, 11) is 0. The first-order valence-corrected chi connectivity index (χ1v) is 10.5. The van der Waals surface area contributed by atoms with Gasteiger partial charge in [0.05, 0.1) is 5.69 Å². The van der Waals surface area contributed by atoms with Crippen molar-refractivity contribution in [1.82, 2.24) is 0 Å². The van der Waals surface area contributed by atoms with Crippen LogP contribution in [0.25, 0.3) is 16.5 Å². The maximum absolute atomic E-state index is 12.4. The second-order valence-corrected chi connectivity index (χ2v) is 8.18. The van der Waals surface area contributed by atoms with Crippen molar-refractivity contribution < 1.29 is 4.79 Å². The Bertz CT molecular complexity index is 1110. The number of carbonyl (C=O) groups is 1. The number of benzene rings is 2. The number of hydrogen-bond acceptors (Lipinski definition) is 4. The van der Waals surface area contributed by atoms with Gasteiger partial charge < -0.3 is 0 Å². The van der Waals surface area contributed by atoms with Crippen molar-refractivity contribution >= 4 is 46.4 Å². The molecule has 2 nitrogen and oxygen atoms in total. The first-order valence-electron chi connectivity index (χ1n) is 8.83. The van der Waals surface area contributed by atoms with Gasteiger partial charge in [-0.25, -0.2) is 0 Å². The lowest BCUT2D eigenvalue weighted by Gasteiger charge is -1.97. The van der Waals surface area contributed by atoms with E-state index in [1.165, 1.54) is 10.4 Å². The Labute approximate surface area is 172 Å². The van der Waals surface area contributed by atoms with Crippen molar-refractivity contribution in [2.45, 2.75) is 0 Å². The summed E-state index contributed by atoms with van der Waals surface area (Å²) in [6.07, 6.45) is 5.34. The van der Waals surface area contributed by atoms with Gasteiger partial charge in [-0.15, -0.1) is 22.7 Å². The smallest absolute Gasteiger partial charge is 0.185 e. The highest BCUT2D eigenvalue weighted by Crippen LogP contribution is 2.28. The number of aliphatic imine (C=N–C) groups is 1. The number of thiophene rings is 2. The fraction of sp³-hybridized carbons (Fsp3) is 0. The SMILES string of the molecule is O=C(C=Cc1ccc(-c2ccccc2)s1)c1ccc(N=Cc2cccs2)cc1. The molecule has 4 heteroatoms. The Morgan fingerprint density at radius 3 is 2.39 bits per heavy atom. The van der Waals surface area contributed by atoms with E-state index < -0.39 is 0 Å². The Morgan fingerprint density at radius 2 is 1.64 bits per heavy atom. The zero-order valence-corrected chi connectivity index (χ0v) is 16.6. The molecule has 0 spiro atoms. The van der Waals surface area contributed by atoms with E-state index in [0.29, 0.717) is 5.56 Å². The molecule has 4 aromatic rings. The van der Waals surface area contributed by atoms with Gasteiger partial charge in [0, 0.05) is 26.4 Å². The first kappa shape index (κ1) is 18.3. The van der Waals surface area contributed by atoms with E-state index in [1.807, 2.05) is 78.3 Å². The summed E-state index contributed by atoms with van der Waals surface area (Å²) in [4.78, 5) is 20.2. The van der Waals surface area contributed by atoms with Crippen molar-refractivity contribution in [2.75, 3.05) is 0 Å². The molecule has 0 amide bonds. The van der Waals surface area contributed by atoms with Gasteiger partial charge in [-0.05, 0) is 65.6 Å². The second-order valence-electron chi connectivity index (χ2n) is 6.09. The lowest BCUT2D eigenvalue weighted by Crippen LogP contribution is -1.92. The third-order valence-electron chi connectivity index (χ3n) is 4.12. The zero-order chi connectivity index (χ0) is 19.2. The predicted molar refractivity (Wildman–Crippen MR) is 121 cm³/mol. The molecule has 0 bridgehead atoms. The number of carbonyl (C=O) groups excluding carboxylic acids is 1. The van der Waals surface area contributed by atoms with Crippen LogP contribution in [0.4, 0.5) is 5.69 Å².